The summed E-state index contributed by atoms with van der Waals surface area (Å²) in [5.41, 5.74) is 9.50. The van der Waals surface area contributed by atoms with E-state index in [0.717, 1.165) is 41.4 Å². The third-order valence-corrected chi connectivity index (χ3v) is 4.67. The SMILES string of the molecule is Cc1nn(-c2ccc(Cl)cc2)nc1C12CC(N)(C1)C2. The average molecular weight is 275 g/mol. The quantitative estimate of drug-likeness (QED) is 0.915. The van der Waals surface area contributed by atoms with Crippen LogP contribution in [-0.2, 0) is 5.41 Å². The van der Waals surface area contributed by atoms with Gasteiger partial charge in [0.15, 0.2) is 0 Å². The molecule has 1 aromatic heterocycles. The van der Waals surface area contributed by atoms with Crippen molar-refractivity contribution in [2.75, 3.05) is 0 Å². The second kappa shape index (κ2) is 3.38. The first-order valence-electron chi connectivity index (χ1n) is 6.49. The molecule has 0 atom stereocenters. The molecule has 0 aliphatic heterocycles. The molecule has 98 valence electrons. The monoisotopic (exact) mass is 274 g/mol. The van der Waals surface area contributed by atoms with E-state index in [4.69, 9.17) is 17.3 Å². The molecule has 2 aromatic rings. The minimum absolute atomic E-state index is 0.0937. The minimum Gasteiger partial charge on any atom is -0.325 e. The molecule has 1 heterocycles. The summed E-state index contributed by atoms with van der Waals surface area (Å²) in [6.07, 6.45) is 3.17. The molecule has 3 saturated carbocycles. The van der Waals surface area contributed by atoms with E-state index in [1.165, 1.54) is 0 Å². The fourth-order valence-corrected chi connectivity index (χ4v) is 3.80. The highest BCUT2D eigenvalue weighted by atomic mass is 35.5. The summed E-state index contributed by atoms with van der Waals surface area (Å²) in [6, 6.07) is 7.56. The van der Waals surface area contributed by atoms with Crippen molar-refractivity contribution in [3.63, 3.8) is 0 Å². The van der Waals surface area contributed by atoms with E-state index in [1.807, 2.05) is 31.2 Å². The van der Waals surface area contributed by atoms with Gasteiger partial charge in [-0.3, -0.25) is 0 Å². The standard InChI is InChI=1S/C14H15ClN4/c1-9-12(13-6-14(16,7-13)8-13)18-19(17-9)11-4-2-10(15)3-5-11/h2-5H,6-8,16H2,1H3. The van der Waals surface area contributed by atoms with Crippen molar-refractivity contribution in [2.45, 2.75) is 37.1 Å². The Balaban J connectivity index is 1.71. The van der Waals surface area contributed by atoms with E-state index in [-0.39, 0.29) is 11.0 Å². The highest BCUT2D eigenvalue weighted by molar-refractivity contribution is 6.30. The van der Waals surface area contributed by atoms with Gasteiger partial charge in [-0.05, 0) is 50.5 Å². The summed E-state index contributed by atoms with van der Waals surface area (Å²) in [5, 5.41) is 9.93. The number of hydrogen-bond acceptors (Lipinski definition) is 3. The maximum Gasteiger partial charge on any atom is 0.0924 e. The molecule has 3 fully saturated rings. The van der Waals surface area contributed by atoms with E-state index in [9.17, 15) is 0 Å². The Morgan fingerprint density at radius 1 is 1.16 bits per heavy atom. The minimum atomic E-state index is 0.0937. The first kappa shape index (κ1) is 11.4. The van der Waals surface area contributed by atoms with Gasteiger partial charge in [-0.1, -0.05) is 11.6 Å². The molecule has 5 heteroatoms. The van der Waals surface area contributed by atoms with Crippen molar-refractivity contribution >= 4 is 11.6 Å². The molecule has 0 unspecified atom stereocenters. The van der Waals surface area contributed by atoms with Crippen LogP contribution in [0.5, 0.6) is 0 Å². The predicted octanol–water partition coefficient (Wildman–Crippen LogP) is 2.36. The number of aryl methyl sites for hydroxylation is 1. The van der Waals surface area contributed by atoms with E-state index in [2.05, 4.69) is 10.2 Å². The van der Waals surface area contributed by atoms with Crippen LogP contribution >= 0.6 is 11.6 Å². The lowest BCUT2D eigenvalue weighted by molar-refractivity contribution is -0.0626. The smallest absolute Gasteiger partial charge is 0.0924 e. The molecule has 0 amide bonds. The fourth-order valence-electron chi connectivity index (χ4n) is 3.68. The number of nitrogens with two attached hydrogens (primary N) is 1. The van der Waals surface area contributed by atoms with Crippen molar-refractivity contribution in [1.82, 2.24) is 15.0 Å². The highest BCUT2D eigenvalue weighted by Crippen LogP contribution is 2.66. The molecule has 0 spiro atoms. The molecular weight excluding hydrogens is 260 g/mol. The van der Waals surface area contributed by atoms with Gasteiger partial charge in [-0.25, -0.2) is 0 Å². The highest BCUT2D eigenvalue weighted by Gasteiger charge is 2.68. The Morgan fingerprint density at radius 2 is 1.79 bits per heavy atom. The Bertz CT molecular complexity index is 639. The van der Waals surface area contributed by atoms with Gasteiger partial charge in [0, 0.05) is 16.0 Å². The van der Waals surface area contributed by atoms with E-state index < -0.39 is 0 Å². The van der Waals surface area contributed by atoms with Crippen LogP contribution in [-0.4, -0.2) is 20.5 Å². The van der Waals surface area contributed by atoms with Crippen LogP contribution in [0.4, 0.5) is 0 Å². The van der Waals surface area contributed by atoms with Crippen LogP contribution in [0.2, 0.25) is 5.02 Å². The Hall–Kier alpha value is -1.39. The molecule has 2 N–H and O–H groups in total. The fraction of sp³-hybridized carbons (Fsp3) is 0.429. The summed E-state index contributed by atoms with van der Waals surface area (Å²) in [7, 11) is 0. The molecule has 0 saturated heterocycles. The van der Waals surface area contributed by atoms with Gasteiger partial charge in [0.25, 0.3) is 0 Å². The van der Waals surface area contributed by atoms with E-state index >= 15 is 0 Å². The van der Waals surface area contributed by atoms with E-state index in [0.29, 0.717) is 0 Å². The van der Waals surface area contributed by atoms with Crippen molar-refractivity contribution in [2.24, 2.45) is 5.73 Å². The molecule has 4 nitrogen and oxygen atoms in total. The molecule has 2 bridgehead atoms. The van der Waals surface area contributed by atoms with Crippen LogP contribution in [0, 0.1) is 6.92 Å². The lowest BCUT2D eigenvalue weighted by Gasteiger charge is -2.68. The van der Waals surface area contributed by atoms with Crippen molar-refractivity contribution in [3.05, 3.63) is 40.7 Å². The first-order valence-corrected chi connectivity index (χ1v) is 6.87. The van der Waals surface area contributed by atoms with Gasteiger partial charge >= 0.3 is 0 Å². The summed E-state index contributed by atoms with van der Waals surface area (Å²) in [4.78, 5) is 1.70. The number of rotatable bonds is 2. The summed E-state index contributed by atoms with van der Waals surface area (Å²) in [6.45, 7) is 2.03. The zero-order chi connectivity index (χ0) is 13.3. The van der Waals surface area contributed by atoms with Crippen molar-refractivity contribution in [1.29, 1.82) is 0 Å². The van der Waals surface area contributed by atoms with Crippen LogP contribution in [0.25, 0.3) is 5.69 Å². The van der Waals surface area contributed by atoms with Gasteiger partial charge in [0.05, 0.1) is 17.1 Å². The second-order valence-corrected chi connectivity index (χ2v) is 6.51. The van der Waals surface area contributed by atoms with Gasteiger partial charge in [-0.2, -0.15) is 15.0 Å². The molecule has 3 aliphatic carbocycles. The van der Waals surface area contributed by atoms with Crippen LogP contribution in [0.15, 0.2) is 24.3 Å². The van der Waals surface area contributed by atoms with Crippen molar-refractivity contribution < 1.29 is 0 Å². The number of halogens is 1. The third kappa shape index (κ3) is 1.50. The van der Waals surface area contributed by atoms with Crippen LogP contribution < -0.4 is 5.73 Å². The second-order valence-electron chi connectivity index (χ2n) is 6.07. The number of aromatic nitrogens is 3. The number of nitrogens with zero attached hydrogens (tertiary/aromatic N) is 3. The zero-order valence-corrected chi connectivity index (χ0v) is 11.5. The topological polar surface area (TPSA) is 56.7 Å². The Morgan fingerprint density at radius 3 is 2.37 bits per heavy atom. The zero-order valence-electron chi connectivity index (χ0n) is 10.7. The van der Waals surface area contributed by atoms with Gasteiger partial charge in [0.2, 0.25) is 0 Å². The molecule has 19 heavy (non-hydrogen) atoms. The molecule has 3 aliphatic rings. The lowest BCUT2D eigenvalue weighted by Crippen LogP contribution is -2.74. The van der Waals surface area contributed by atoms with Gasteiger partial charge in [0.1, 0.15) is 0 Å². The van der Waals surface area contributed by atoms with Gasteiger partial charge in [-0.15, -0.1) is 0 Å². The maximum atomic E-state index is 6.13. The van der Waals surface area contributed by atoms with Crippen LogP contribution in [0.1, 0.15) is 30.7 Å². The number of benzene rings is 1. The van der Waals surface area contributed by atoms with Crippen LogP contribution in [0.3, 0.4) is 0 Å². The van der Waals surface area contributed by atoms with E-state index in [1.54, 1.807) is 4.80 Å². The Labute approximate surface area is 116 Å². The average Bonchev–Trinajstić information content (AvgIpc) is 2.67. The lowest BCUT2D eigenvalue weighted by atomic mass is 9.38. The molecule has 1 aromatic carbocycles. The Kier molecular flexibility index (Phi) is 2.03. The summed E-state index contributed by atoms with van der Waals surface area (Å²) in [5.74, 6) is 0. The predicted molar refractivity (Wildman–Crippen MR) is 73.6 cm³/mol. The van der Waals surface area contributed by atoms with Gasteiger partial charge < -0.3 is 5.73 Å². The maximum absolute atomic E-state index is 6.13. The molecule has 5 rings (SSSR count). The first-order chi connectivity index (χ1) is 9.00. The third-order valence-electron chi connectivity index (χ3n) is 4.41. The molecule has 0 radical (unpaired) electrons. The summed E-state index contributed by atoms with van der Waals surface area (Å²) >= 11 is 5.90. The number of hydrogen-bond donors (Lipinski definition) is 1. The normalized spacial score (nSPS) is 31.7. The summed E-state index contributed by atoms with van der Waals surface area (Å²) < 4.78 is 0. The molecular formula is C14H15ClN4. The van der Waals surface area contributed by atoms with Crippen molar-refractivity contribution in [3.8, 4) is 5.69 Å². The largest absolute Gasteiger partial charge is 0.325 e.